The van der Waals surface area contributed by atoms with Crippen molar-refractivity contribution in [1.82, 2.24) is 9.88 Å². The molecule has 0 unspecified atom stereocenters. The molecule has 2 aliphatic heterocycles. The predicted octanol–water partition coefficient (Wildman–Crippen LogP) is 2.52. The highest BCUT2D eigenvalue weighted by atomic mass is 32.1. The number of likely N-dealkylation sites (tertiary alicyclic amines) is 1. The smallest absolute Gasteiger partial charge is 0.430 e. The number of aryl methyl sites for hydroxylation is 2. The average Bonchev–Trinajstić information content (AvgIpc) is 3.05. The Balaban J connectivity index is 1.36. The first-order valence-electron chi connectivity index (χ1n) is 7.78. The minimum atomic E-state index is -0.504. The molecule has 5 nitrogen and oxygen atoms in total. The fraction of sp³-hybridized carbons (Fsp3) is 0.733. The molecular formula is C15H20N2O3S. The molecule has 114 valence electrons. The third-order valence-corrected chi connectivity index (χ3v) is 5.91. The van der Waals surface area contributed by atoms with E-state index in [9.17, 15) is 4.79 Å². The number of piperidine rings is 1. The molecule has 0 bridgehead atoms. The van der Waals surface area contributed by atoms with Gasteiger partial charge in [0.1, 0.15) is 11.6 Å². The van der Waals surface area contributed by atoms with Gasteiger partial charge in [0, 0.05) is 30.8 Å². The van der Waals surface area contributed by atoms with Gasteiger partial charge < -0.3 is 9.47 Å². The zero-order chi connectivity index (χ0) is 14.3. The van der Waals surface area contributed by atoms with Crippen molar-refractivity contribution in [3.05, 3.63) is 15.6 Å². The number of thiazole rings is 1. The number of hydrogen-bond donors (Lipinski definition) is 0. The van der Waals surface area contributed by atoms with Gasteiger partial charge in [0.25, 0.3) is 0 Å². The number of hydrogen-bond acceptors (Lipinski definition) is 6. The zero-order valence-electron chi connectivity index (χ0n) is 12.1. The molecule has 3 aliphatic rings. The second-order valence-electron chi connectivity index (χ2n) is 6.28. The van der Waals surface area contributed by atoms with Gasteiger partial charge in [-0.05, 0) is 25.7 Å². The van der Waals surface area contributed by atoms with Crippen LogP contribution in [0.15, 0.2) is 0 Å². The third kappa shape index (κ3) is 2.66. The molecule has 1 aliphatic carbocycles. The molecule has 0 saturated carbocycles. The van der Waals surface area contributed by atoms with Crippen LogP contribution in [0.3, 0.4) is 0 Å². The van der Waals surface area contributed by atoms with E-state index < -0.39 is 6.16 Å². The van der Waals surface area contributed by atoms with Crippen LogP contribution in [0.25, 0.3) is 0 Å². The number of carbonyl (C=O) groups excluding carboxylic acids is 1. The lowest BCUT2D eigenvalue weighted by Crippen LogP contribution is -2.45. The molecule has 1 spiro atoms. The van der Waals surface area contributed by atoms with Crippen LogP contribution >= 0.6 is 11.3 Å². The quantitative estimate of drug-likeness (QED) is 0.786. The van der Waals surface area contributed by atoms with Crippen LogP contribution in [0, 0.1) is 0 Å². The highest BCUT2D eigenvalue weighted by molar-refractivity contribution is 7.11. The van der Waals surface area contributed by atoms with Crippen LogP contribution in [-0.2, 0) is 28.9 Å². The Morgan fingerprint density at radius 3 is 2.76 bits per heavy atom. The van der Waals surface area contributed by atoms with E-state index in [4.69, 9.17) is 14.5 Å². The average molecular weight is 308 g/mol. The Hall–Kier alpha value is -1.14. The molecule has 3 heterocycles. The van der Waals surface area contributed by atoms with E-state index in [1.54, 1.807) is 0 Å². The van der Waals surface area contributed by atoms with Crippen LogP contribution in [0.1, 0.15) is 41.3 Å². The summed E-state index contributed by atoms with van der Waals surface area (Å²) >= 11 is 1.89. The minimum Gasteiger partial charge on any atom is -0.430 e. The molecule has 0 radical (unpaired) electrons. The number of nitrogens with zero attached hydrogens (tertiary/aromatic N) is 2. The van der Waals surface area contributed by atoms with Crippen molar-refractivity contribution in [1.29, 1.82) is 0 Å². The zero-order valence-corrected chi connectivity index (χ0v) is 12.9. The Bertz CT molecular complexity index is 526. The van der Waals surface area contributed by atoms with Gasteiger partial charge in [-0.25, -0.2) is 9.78 Å². The lowest BCUT2D eigenvalue weighted by Gasteiger charge is -2.35. The highest BCUT2D eigenvalue weighted by Crippen LogP contribution is 2.33. The summed E-state index contributed by atoms with van der Waals surface area (Å²) in [6.07, 6.45) is 6.19. The Morgan fingerprint density at radius 1 is 1.24 bits per heavy atom. The first-order chi connectivity index (χ1) is 10.2. The van der Waals surface area contributed by atoms with Crippen molar-refractivity contribution < 1.29 is 14.3 Å². The maximum Gasteiger partial charge on any atom is 0.509 e. The number of rotatable bonds is 2. The Kier molecular flexibility index (Phi) is 3.38. The molecule has 4 rings (SSSR count). The molecule has 0 atom stereocenters. The van der Waals surface area contributed by atoms with Crippen LogP contribution in [0.2, 0.25) is 0 Å². The van der Waals surface area contributed by atoms with Gasteiger partial charge in [0.2, 0.25) is 0 Å². The van der Waals surface area contributed by atoms with Gasteiger partial charge in [0.05, 0.1) is 12.2 Å². The Labute approximate surface area is 128 Å². The van der Waals surface area contributed by atoms with Gasteiger partial charge in [-0.15, -0.1) is 11.3 Å². The number of cyclic esters (lactones) is 1. The monoisotopic (exact) mass is 308 g/mol. The lowest BCUT2D eigenvalue weighted by atomic mass is 9.92. The summed E-state index contributed by atoms with van der Waals surface area (Å²) in [5.74, 6) is 0. The number of carbonyl (C=O) groups is 1. The molecule has 1 aromatic rings. The Morgan fingerprint density at radius 2 is 2.05 bits per heavy atom. The molecule has 1 aromatic heterocycles. The van der Waals surface area contributed by atoms with E-state index in [0.29, 0.717) is 6.61 Å². The third-order valence-electron chi connectivity index (χ3n) is 4.77. The van der Waals surface area contributed by atoms with Gasteiger partial charge in [-0.1, -0.05) is 0 Å². The summed E-state index contributed by atoms with van der Waals surface area (Å²) in [4.78, 5) is 19.9. The van der Waals surface area contributed by atoms with Gasteiger partial charge in [-0.3, -0.25) is 4.90 Å². The SMILES string of the molecule is O=C1OCC2(CCN(Cc3nc4c(s3)CCCC4)CC2)O1. The largest absolute Gasteiger partial charge is 0.509 e. The van der Waals surface area contributed by atoms with Crippen LogP contribution in [0.5, 0.6) is 0 Å². The second-order valence-corrected chi connectivity index (χ2v) is 7.45. The van der Waals surface area contributed by atoms with Gasteiger partial charge >= 0.3 is 6.16 Å². The summed E-state index contributed by atoms with van der Waals surface area (Å²) in [7, 11) is 0. The second kappa shape index (κ2) is 5.25. The lowest BCUT2D eigenvalue weighted by molar-refractivity contribution is -0.00165. The first-order valence-corrected chi connectivity index (χ1v) is 8.60. The van der Waals surface area contributed by atoms with Gasteiger partial charge in [0.15, 0.2) is 5.60 Å². The normalized spacial score (nSPS) is 24.7. The van der Waals surface area contributed by atoms with E-state index in [0.717, 1.165) is 38.9 Å². The summed E-state index contributed by atoms with van der Waals surface area (Å²) in [5.41, 5.74) is 0.989. The van der Waals surface area contributed by atoms with Crippen LogP contribution < -0.4 is 0 Å². The molecule has 0 amide bonds. The number of ether oxygens (including phenoxy) is 2. The number of aromatic nitrogens is 1. The highest BCUT2D eigenvalue weighted by Gasteiger charge is 2.44. The molecule has 21 heavy (non-hydrogen) atoms. The minimum absolute atomic E-state index is 0.351. The van der Waals surface area contributed by atoms with Crippen molar-refractivity contribution in [2.45, 2.75) is 50.7 Å². The fourth-order valence-corrected chi connectivity index (χ4v) is 4.65. The fourth-order valence-electron chi connectivity index (χ4n) is 3.46. The summed E-state index contributed by atoms with van der Waals surface area (Å²) in [6.45, 7) is 3.25. The molecule has 6 heteroatoms. The maximum absolute atomic E-state index is 11.1. The number of fused-ring (bicyclic) bond motifs is 1. The summed E-state index contributed by atoms with van der Waals surface area (Å²) < 4.78 is 10.3. The van der Waals surface area contributed by atoms with E-state index >= 15 is 0 Å². The van der Waals surface area contributed by atoms with Crippen molar-refractivity contribution in [2.24, 2.45) is 0 Å². The van der Waals surface area contributed by atoms with Crippen LogP contribution in [-0.4, -0.2) is 41.3 Å². The first kappa shape index (κ1) is 13.5. The van der Waals surface area contributed by atoms with Crippen molar-refractivity contribution in [3.8, 4) is 0 Å². The van der Waals surface area contributed by atoms with E-state index in [2.05, 4.69) is 4.90 Å². The molecule has 2 saturated heterocycles. The molecule has 0 aromatic carbocycles. The summed E-state index contributed by atoms with van der Waals surface area (Å²) in [5, 5.41) is 1.25. The van der Waals surface area contributed by atoms with Crippen molar-refractivity contribution in [3.63, 3.8) is 0 Å². The van der Waals surface area contributed by atoms with Gasteiger partial charge in [-0.2, -0.15) is 0 Å². The van der Waals surface area contributed by atoms with Crippen molar-refractivity contribution in [2.75, 3.05) is 19.7 Å². The summed E-state index contributed by atoms with van der Waals surface area (Å²) in [6, 6.07) is 0. The topological polar surface area (TPSA) is 51.7 Å². The van der Waals surface area contributed by atoms with E-state index in [1.807, 2.05) is 11.3 Å². The van der Waals surface area contributed by atoms with E-state index in [-0.39, 0.29) is 5.60 Å². The molecule has 0 N–H and O–H groups in total. The maximum atomic E-state index is 11.1. The predicted molar refractivity (Wildman–Crippen MR) is 78.4 cm³/mol. The molecular weight excluding hydrogens is 288 g/mol. The standard InChI is InChI=1S/C15H20N2O3S/c18-14-19-10-15(20-14)5-7-17(8-6-15)9-13-16-11-3-1-2-4-12(11)21-13/h1-10H2. The van der Waals surface area contributed by atoms with E-state index in [1.165, 1.54) is 34.8 Å². The van der Waals surface area contributed by atoms with Crippen molar-refractivity contribution >= 4 is 17.5 Å². The molecule has 2 fully saturated rings. The van der Waals surface area contributed by atoms with Crippen LogP contribution in [0.4, 0.5) is 4.79 Å².